The molecule has 40 heavy (non-hydrogen) atoms. The van der Waals surface area contributed by atoms with Crippen molar-refractivity contribution < 1.29 is 23.9 Å². The lowest BCUT2D eigenvalue weighted by Gasteiger charge is -2.40. The summed E-state index contributed by atoms with van der Waals surface area (Å²) in [5.41, 5.74) is 1.57. The Labute approximate surface area is 233 Å². The number of nitrogens with zero attached hydrogens (tertiary/aromatic N) is 7. The normalized spacial score (nSPS) is 17.1. The molecule has 2 atom stereocenters. The molecule has 3 aromatic rings. The van der Waals surface area contributed by atoms with Gasteiger partial charge in [-0.2, -0.15) is 20.0 Å². The van der Waals surface area contributed by atoms with Gasteiger partial charge < -0.3 is 35.4 Å². The molecule has 0 saturated carbocycles. The van der Waals surface area contributed by atoms with Crippen LogP contribution in [0.1, 0.15) is 24.6 Å². The first-order valence-electron chi connectivity index (χ1n) is 12.1. The summed E-state index contributed by atoms with van der Waals surface area (Å²) in [4.78, 5) is 41.6. The Bertz CT molecular complexity index is 1560. The molecule has 5 N–H and O–H groups in total. The molecule has 1 saturated heterocycles. The van der Waals surface area contributed by atoms with E-state index in [-0.39, 0.29) is 28.8 Å². The molecule has 2 aromatic heterocycles. The number of hydrogen-bond acceptors (Lipinski definition) is 11. The highest BCUT2D eigenvalue weighted by Crippen LogP contribution is 2.42. The number of nitrogens with one attached hydrogen (secondary N) is 3. The van der Waals surface area contributed by atoms with Gasteiger partial charge >= 0.3 is 13.7 Å². The third kappa shape index (κ3) is 6.35. The first kappa shape index (κ1) is 28.9. The van der Waals surface area contributed by atoms with Crippen molar-refractivity contribution in [1.29, 1.82) is 10.5 Å². The zero-order valence-corrected chi connectivity index (χ0v) is 23.1. The number of fused-ring (bicyclic) bond motifs is 1. The smallest absolute Gasteiger partial charge is 0.407 e. The molecule has 3 heterocycles. The van der Waals surface area contributed by atoms with E-state index < -0.39 is 31.8 Å². The molecule has 0 spiro atoms. The van der Waals surface area contributed by atoms with Crippen molar-refractivity contribution in [3.63, 3.8) is 0 Å². The zero-order chi connectivity index (χ0) is 29.0. The molecular weight excluding hydrogens is 563 g/mol. The van der Waals surface area contributed by atoms with Gasteiger partial charge in [0, 0.05) is 31.6 Å². The van der Waals surface area contributed by atoms with Crippen LogP contribution in [0.5, 0.6) is 0 Å². The van der Waals surface area contributed by atoms with Gasteiger partial charge in [-0.15, -0.1) is 5.10 Å². The molecule has 1 amide bonds. The Kier molecular flexibility index (Phi) is 8.61. The molecule has 1 aliphatic heterocycles. The summed E-state index contributed by atoms with van der Waals surface area (Å²) in [5.74, 6) is -0.165. The number of amides is 1. The van der Waals surface area contributed by atoms with E-state index >= 15 is 0 Å². The van der Waals surface area contributed by atoms with Crippen LogP contribution in [0.4, 0.5) is 27.9 Å². The van der Waals surface area contributed by atoms with Gasteiger partial charge in [0.05, 0.1) is 47.5 Å². The quantitative estimate of drug-likeness (QED) is 0.239. The number of carbonyl (C=O) groups is 1. The second-order valence-electron chi connectivity index (χ2n) is 8.98. The highest BCUT2D eigenvalue weighted by Gasteiger charge is 2.36. The maximum atomic E-state index is 11.9. The van der Waals surface area contributed by atoms with E-state index in [2.05, 4.69) is 41.8 Å². The lowest BCUT2D eigenvalue weighted by molar-refractivity contribution is 0.159. The van der Waals surface area contributed by atoms with Crippen molar-refractivity contribution in [2.24, 2.45) is 5.92 Å². The van der Waals surface area contributed by atoms with Gasteiger partial charge in [0.15, 0.2) is 17.2 Å². The fourth-order valence-electron chi connectivity index (χ4n) is 4.55. The molecule has 4 rings (SSSR count). The van der Waals surface area contributed by atoms with Gasteiger partial charge in [-0.1, -0.05) is 11.6 Å². The Morgan fingerprint density at radius 2 is 2.10 bits per heavy atom. The molecule has 210 valence electrons. The van der Waals surface area contributed by atoms with E-state index in [1.54, 1.807) is 6.07 Å². The number of carbonyl (C=O) groups excluding carboxylic acids is 1. The number of hydrogen-bond donors (Lipinski definition) is 5. The number of alkyl carbamates (subject to hydrolysis) is 1. The molecule has 17 heteroatoms. The lowest BCUT2D eigenvalue weighted by atomic mass is 9.93. The lowest BCUT2D eigenvalue weighted by Crippen LogP contribution is -2.52. The predicted molar refractivity (Wildman–Crippen MR) is 146 cm³/mol. The van der Waals surface area contributed by atoms with Crippen molar-refractivity contribution in [3.8, 4) is 12.1 Å². The van der Waals surface area contributed by atoms with Crippen molar-refractivity contribution in [2.75, 3.05) is 48.4 Å². The summed E-state index contributed by atoms with van der Waals surface area (Å²) in [6, 6.07) is 6.67. The van der Waals surface area contributed by atoms with E-state index in [4.69, 9.17) is 11.6 Å². The van der Waals surface area contributed by atoms with E-state index in [0.29, 0.717) is 42.4 Å². The number of halogens is 1. The highest BCUT2D eigenvalue weighted by molar-refractivity contribution is 7.51. The number of benzene rings is 1. The fraction of sp³-hybridized carbons (Fsp3) is 0.391. The first-order valence-corrected chi connectivity index (χ1v) is 14.3. The monoisotopic (exact) mass is 588 g/mol. The molecule has 0 unspecified atom stereocenters. The van der Waals surface area contributed by atoms with Gasteiger partial charge in [-0.05, 0) is 25.5 Å². The van der Waals surface area contributed by atoms with E-state index in [0.717, 1.165) is 0 Å². The molecule has 0 radical (unpaired) electrons. The van der Waals surface area contributed by atoms with Crippen molar-refractivity contribution in [2.45, 2.75) is 19.4 Å². The Morgan fingerprint density at radius 3 is 2.75 bits per heavy atom. The summed E-state index contributed by atoms with van der Waals surface area (Å²) < 4.78 is 17.9. The van der Waals surface area contributed by atoms with E-state index in [1.165, 1.54) is 23.9 Å². The summed E-state index contributed by atoms with van der Waals surface area (Å²) in [5, 5.41) is 32.5. The van der Waals surface area contributed by atoms with Gasteiger partial charge in [0.25, 0.3) is 0 Å². The van der Waals surface area contributed by atoms with Crippen LogP contribution in [0, 0.1) is 28.6 Å². The minimum Gasteiger partial charge on any atom is -0.453 e. The van der Waals surface area contributed by atoms with Gasteiger partial charge in [-0.25, -0.2) is 9.78 Å². The van der Waals surface area contributed by atoms with Crippen LogP contribution < -0.4 is 20.9 Å². The van der Waals surface area contributed by atoms with E-state index in [1.807, 2.05) is 17.9 Å². The Balaban J connectivity index is 1.69. The molecule has 0 bridgehead atoms. The molecular formula is C23H26ClN10O5P. The average molecular weight is 589 g/mol. The fourth-order valence-corrected chi connectivity index (χ4v) is 5.81. The summed E-state index contributed by atoms with van der Waals surface area (Å²) in [7, 11) is -3.22. The predicted octanol–water partition coefficient (Wildman–Crippen LogP) is 2.43. The highest BCUT2D eigenvalue weighted by atomic mass is 35.5. The number of nitriles is 2. The van der Waals surface area contributed by atoms with Crippen LogP contribution in [-0.2, 0) is 9.30 Å². The van der Waals surface area contributed by atoms with Gasteiger partial charge in [-0.3, -0.25) is 4.57 Å². The topological polar surface area (TPSA) is 214 Å². The molecule has 0 aliphatic carbocycles. The third-order valence-corrected chi connectivity index (χ3v) is 7.63. The molecule has 15 nitrogen and oxygen atoms in total. The number of piperidine rings is 1. The van der Waals surface area contributed by atoms with Gasteiger partial charge in [0.1, 0.15) is 6.07 Å². The second-order valence-corrected chi connectivity index (χ2v) is 11.1. The number of ether oxygens (including phenoxy) is 1. The number of aromatic nitrogens is 4. The average Bonchev–Trinajstić information content (AvgIpc) is 3.33. The van der Waals surface area contributed by atoms with Gasteiger partial charge in [0.2, 0.25) is 5.95 Å². The standard InChI is InChI=1S/C23H26ClN10O5P/c1-3-27-20-21-28-10-15(9-26)34(21)32-22(31-20)29-17-6-13(8-25)7-18(19(17)24)33-5-4-16(30-23(35)39-2)14(11-33)12-40(36,37)38/h6-7,10,14,16H,3-5,11-12H2,1-2H3,(H,30,35)(H2,36,37,38)(H2,27,29,31,32)/t14-,16+/m0/s1. The van der Waals surface area contributed by atoms with Crippen LogP contribution in [-0.4, -0.2) is 74.4 Å². The first-order chi connectivity index (χ1) is 19.1. The maximum absolute atomic E-state index is 11.9. The van der Waals surface area contributed by atoms with Crippen LogP contribution in [0.25, 0.3) is 5.65 Å². The molecule has 1 aliphatic rings. The number of rotatable bonds is 8. The Hall–Kier alpha value is -4.14. The number of methoxy groups -OCH3 is 1. The second kappa shape index (κ2) is 11.9. The minimum atomic E-state index is -4.43. The van der Waals surface area contributed by atoms with E-state index in [9.17, 15) is 29.7 Å². The van der Waals surface area contributed by atoms with Crippen molar-refractivity contribution in [1.82, 2.24) is 24.9 Å². The number of anilines is 4. The summed E-state index contributed by atoms with van der Waals surface area (Å²) in [6.07, 6.45) is 0.560. The zero-order valence-electron chi connectivity index (χ0n) is 21.5. The van der Waals surface area contributed by atoms with Crippen molar-refractivity contribution >= 4 is 54.1 Å². The summed E-state index contributed by atoms with van der Waals surface area (Å²) >= 11 is 6.80. The molecule has 1 fully saturated rings. The summed E-state index contributed by atoms with van der Waals surface area (Å²) in [6.45, 7) is 2.92. The SMILES string of the molecule is CCNc1nc(Nc2cc(C#N)cc(N3CC[C@@H](NC(=O)OC)[C@H](CP(=O)(O)O)C3)c2Cl)nn2c(C#N)cnc12. The molecule has 1 aromatic carbocycles. The Morgan fingerprint density at radius 1 is 1.32 bits per heavy atom. The van der Waals surface area contributed by atoms with Crippen LogP contribution in [0.3, 0.4) is 0 Å². The van der Waals surface area contributed by atoms with Crippen LogP contribution in [0.2, 0.25) is 5.02 Å². The van der Waals surface area contributed by atoms with Crippen LogP contribution >= 0.6 is 19.2 Å². The minimum absolute atomic E-state index is 0.0845. The largest absolute Gasteiger partial charge is 0.453 e. The van der Waals surface area contributed by atoms with Crippen molar-refractivity contribution in [3.05, 3.63) is 34.6 Å². The maximum Gasteiger partial charge on any atom is 0.407 e. The third-order valence-electron chi connectivity index (χ3n) is 6.29. The number of imidazole rings is 1. The van der Waals surface area contributed by atoms with Crippen LogP contribution in [0.15, 0.2) is 18.3 Å².